The Morgan fingerprint density at radius 1 is 1.28 bits per heavy atom. The fourth-order valence-electron chi connectivity index (χ4n) is 2.78. The highest BCUT2D eigenvalue weighted by Crippen LogP contribution is 2.23. The van der Waals surface area contributed by atoms with Crippen LogP contribution in [-0.2, 0) is 19.4 Å². The Hall–Kier alpha value is -1.77. The summed E-state index contributed by atoms with van der Waals surface area (Å²) in [4.78, 5) is 4.67. The summed E-state index contributed by atoms with van der Waals surface area (Å²) in [6, 6.07) is 7.48. The summed E-state index contributed by atoms with van der Waals surface area (Å²) in [5.41, 5.74) is 3.80. The molecule has 0 aliphatic heterocycles. The first-order chi connectivity index (χ1) is 8.74. The van der Waals surface area contributed by atoms with E-state index in [2.05, 4.69) is 16.5 Å². The summed E-state index contributed by atoms with van der Waals surface area (Å²) in [6.07, 6.45) is 4.77. The predicted molar refractivity (Wildman–Crippen MR) is 70.8 cm³/mol. The molecule has 0 amide bonds. The topological polar surface area (TPSA) is 38.0 Å². The van der Waals surface area contributed by atoms with Crippen LogP contribution in [0.5, 0.6) is 5.75 Å². The fraction of sp³-hybridized carbons (Fsp3) is 0.400. The van der Waals surface area contributed by atoms with Crippen molar-refractivity contribution in [3.63, 3.8) is 0 Å². The van der Waals surface area contributed by atoms with E-state index in [1.807, 2.05) is 18.2 Å². The van der Waals surface area contributed by atoms with Gasteiger partial charge in [0.25, 0.3) is 0 Å². The molecule has 0 atom stereocenters. The van der Waals surface area contributed by atoms with Crippen LogP contribution in [0.25, 0.3) is 0 Å². The Labute approximate surface area is 107 Å². The van der Waals surface area contributed by atoms with Crippen molar-refractivity contribution in [1.29, 1.82) is 0 Å². The number of benzene rings is 1. The van der Waals surface area contributed by atoms with Crippen LogP contribution in [0.2, 0.25) is 0 Å². The molecule has 1 aromatic heterocycles. The van der Waals surface area contributed by atoms with Gasteiger partial charge >= 0.3 is 0 Å². The number of hydrogen-bond acceptors (Lipinski definition) is 2. The highest BCUT2D eigenvalue weighted by atomic mass is 16.3. The average molecular weight is 242 g/mol. The number of hydrogen-bond donors (Lipinski definition) is 1. The number of rotatable bonds is 2. The van der Waals surface area contributed by atoms with E-state index < -0.39 is 0 Å². The number of phenols is 1. The van der Waals surface area contributed by atoms with Crippen molar-refractivity contribution in [2.75, 3.05) is 0 Å². The third kappa shape index (κ3) is 2.01. The van der Waals surface area contributed by atoms with E-state index in [1.165, 1.54) is 24.2 Å². The zero-order chi connectivity index (χ0) is 12.5. The highest BCUT2D eigenvalue weighted by Gasteiger charge is 2.17. The molecular formula is C15H18N2O. The standard InChI is InChI=1S/C15H18N2O/c1-11-16-14-7-2-3-8-15(14)17(11)10-12-5-4-6-13(18)9-12/h4-6,9,18H,2-3,7-8,10H2,1H3. The molecule has 1 aromatic carbocycles. The third-order valence-electron chi connectivity index (χ3n) is 3.67. The van der Waals surface area contributed by atoms with Crippen LogP contribution in [0.15, 0.2) is 24.3 Å². The van der Waals surface area contributed by atoms with Gasteiger partial charge in [0.05, 0.1) is 5.69 Å². The van der Waals surface area contributed by atoms with Crippen molar-refractivity contribution in [1.82, 2.24) is 9.55 Å². The van der Waals surface area contributed by atoms with Gasteiger partial charge in [0.15, 0.2) is 0 Å². The normalized spacial score (nSPS) is 14.5. The molecule has 1 aliphatic rings. The quantitative estimate of drug-likeness (QED) is 0.879. The maximum absolute atomic E-state index is 9.52. The zero-order valence-corrected chi connectivity index (χ0v) is 10.7. The van der Waals surface area contributed by atoms with Gasteiger partial charge in [-0.3, -0.25) is 0 Å². The summed E-state index contributed by atoms with van der Waals surface area (Å²) >= 11 is 0. The van der Waals surface area contributed by atoms with Crippen LogP contribution in [0.1, 0.15) is 35.6 Å². The number of fused-ring (bicyclic) bond motifs is 1. The van der Waals surface area contributed by atoms with Crippen LogP contribution in [-0.4, -0.2) is 14.7 Å². The second-order valence-electron chi connectivity index (χ2n) is 5.02. The lowest BCUT2D eigenvalue weighted by atomic mass is 10.0. The van der Waals surface area contributed by atoms with Gasteiger partial charge in [0, 0.05) is 12.2 Å². The molecule has 0 unspecified atom stereocenters. The summed E-state index contributed by atoms with van der Waals surface area (Å²) in [7, 11) is 0. The first-order valence-corrected chi connectivity index (χ1v) is 6.57. The van der Waals surface area contributed by atoms with Crippen molar-refractivity contribution >= 4 is 0 Å². The lowest BCUT2D eigenvalue weighted by Gasteiger charge is -2.15. The van der Waals surface area contributed by atoms with Gasteiger partial charge in [0.1, 0.15) is 11.6 Å². The van der Waals surface area contributed by atoms with E-state index >= 15 is 0 Å². The fourth-order valence-corrected chi connectivity index (χ4v) is 2.78. The lowest BCUT2D eigenvalue weighted by Crippen LogP contribution is -2.10. The van der Waals surface area contributed by atoms with Crippen LogP contribution >= 0.6 is 0 Å². The first-order valence-electron chi connectivity index (χ1n) is 6.57. The number of aryl methyl sites for hydroxylation is 2. The van der Waals surface area contributed by atoms with E-state index in [-0.39, 0.29) is 0 Å². The molecule has 0 radical (unpaired) electrons. The van der Waals surface area contributed by atoms with Crippen molar-refractivity contribution in [3.8, 4) is 5.75 Å². The Morgan fingerprint density at radius 2 is 2.11 bits per heavy atom. The minimum absolute atomic E-state index is 0.333. The molecule has 2 aromatic rings. The lowest BCUT2D eigenvalue weighted by molar-refractivity contribution is 0.474. The highest BCUT2D eigenvalue weighted by molar-refractivity contribution is 5.29. The SMILES string of the molecule is Cc1nc2c(n1Cc1cccc(O)c1)CCCC2. The number of aromatic nitrogens is 2. The number of phenolic OH excluding ortho intramolecular Hbond substituents is 1. The molecule has 94 valence electrons. The monoisotopic (exact) mass is 242 g/mol. The number of nitrogens with zero attached hydrogens (tertiary/aromatic N) is 2. The largest absolute Gasteiger partial charge is 0.508 e. The first kappa shape index (κ1) is 11.3. The number of aromatic hydroxyl groups is 1. The summed E-state index contributed by atoms with van der Waals surface area (Å²) in [5.74, 6) is 1.42. The molecule has 1 heterocycles. The van der Waals surface area contributed by atoms with E-state index in [1.54, 1.807) is 6.07 Å². The molecule has 1 aliphatic carbocycles. The van der Waals surface area contributed by atoms with E-state index in [9.17, 15) is 5.11 Å². The molecule has 0 saturated carbocycles. The molecule has 3 heteroatoms. The van der Waals surface area contributed by atoms with Gasteiger partial charge in [-0.1, -0.05) is 12.1 Å². The van der Waals surface area contributed by atoms with Gasteiger partial charge in [-0.2, -0.15) is 0 Å². The zero-order valence-electron chi connectivity index (χ0n) is 10.7. The summed E-state index contributed by atoms with van der Waals surface area (Å²) < 4.78 is 2.29. The molecule has 0 saturated heterocycles. The number of imidazole rings is 1. The van der Waals surface area contributed by atoms with Crippen LogP contribution in [0.3, 0.4) is 0 Å². The molecule has 1 N–H and O–H groups in total. The van der Waals surface area contributed by atoms with Gasteiger partial charge in [0.2, 0.25) is 0 Å². The Kier molecular flexibility index (Phi) is 2.82. The van der Waals surface area contributed by atoms with Crippen molar-refractivity contribution in [3.05, 3.63) is 47.0 Å². The van der Waals surface area contributed by atoms with Crippen LogP contribution in [0.4, 0.5) is 0 Å². The average Bonchev–Trinajstić information content (AvgIpc) is 2.66. The van der Waals surface area contributed by atoms with Crippen LogP contribution < -0.4 is 0 Å². The van der Waals surface area contributed by atoms with Gasteiger partial charge < -0.3 is 9.67 Å². The van der Waals surface area contributed by atoms with Crippen LogP contribution in [0, 0.1) is 6.92 Å². The van der Waals surface area contributed by atoms with E-state index in [0.717, 1.165) is 30.8 Å². The van der Waals surface area contributed by atoms with Crippen molar-refractivity contribution in [2.24, 2.45) is 0 Å². The molecule has 0 spiro atoms. The minimum atomic E-state index is 0.333. The maximum atomic E-state index is 9.52. The van der Waals surface area contributed by atoms with Gasteiger partial charge in [-0.25, -0.2) is 4.98 Å². The minimum Gasteiger partial charge on any atom is -0.508 e. The van der Waals surface area contributed by atoms with Gasteiger partial charge in [-0.15, -0.1) is 0 Å². The second-order valence-corrected chi connectivity index (χ2v) is 5.02. The van der Waals surface area contributed by atoms with Crippen molar-refractivity contribution in [2.45, 2.75) is 39.2 Å². The third-order valence-corrected chi connectivity index (χ3v) is 3.67. The molecule has 18 heavy (non-hydrogen) atoms. The Balaban J connectivity index is 1.95. The molecule has 0 fully saturated rings. The smallest absolute Gasteiger partial charge is 0.115 e. The van der Waals surface area contributed by atoms with Crippen molar-refractivity contribution < 1.29 is 5.11 Å². The van der Waals surface area contributed by atoms with E-state index in [0.29, 0.717) is 5.75 Å². The predicted octanol–water partition coefficient (Wildman–Crippen LogP) is 2.82. The summed E-state index contributed by atoms with van der Waals surface area (Å²) in [6.45, 7) is 2.88. The molecule has 3 rings (SSSR count). The Bertz CT molecular complexity index is 572. The van der Waals surface area contributed by atoms with E-state index in [4.69, 9.17) is 0 Å². The summed E-state index contributed by atoms with van der Waals surface area (Å²) in [5, 5.41) is 9.52. The van der Waals surface area contributed by atoms with Gasteiger partial charge in [-0.05, 0) is 50.3 Å². The molecule has 3 nitrogen and oxygen atoms in total. The molecular weight excluding hydrogens is 224 g/mol. The second kappa shape index (κ2) is 4.48. The molecule has 0 bridgehead atoms. The Morgan fingerprint density at radius 3 is 2.94 bits per heavy atom. The maximum Gasteiger partial charge on any atom is 0.115 e.